The summed E-state index contributed by atoms with van der Waals surface area (Å²) in [4.78, 5) is 17.8. The Kier molecular flexibility index (Phi) is 5.32. The van der Waals surface area contributed by atoms with Crippen LogP contribution in [-0.4, -0.2) is 21.5 Å². The van der Waals surface area contributed by atoms with E-state index in [0.29, 0.717) is 6.42 Å². The van der Waals surface area contributed by atoms with Gasteiger partial charge in [0.25, 0.3) is 0 Å². The van der Waals surface area contributed by atoms with Crippen LogP contribution in [0, 0.1) is 5.41 Å². The van der Waals surface area contributed by atoms with E-state index in [1.807, 2.05) is 19.1 Å². The molecule has 2 rings (SSSR count). The van der Waals surface area contributed by atoms with Crippen LogP contribution < -0.4 is 5.73 Å². The highest BCUT2D eigenvalue weighted by atomic mass is 31.2. The van der Waals surface area contributed by atoms with Gasteiger partial charge in [0.05, 0.1) is 5.54 Å². The van der Waals surface area contributed by atoms with Gasteiger partial charge in [0, 0.05) is 11.6 Å². The van der Waals surface area contributed by atoms with Crippen LogP contribution in [-0.2, 0) is 4.57 Å². The Morgan fingerprint density at radius 1 is 0.957 bits per heavy atom. The van der Waals surface area contributed by atoms with Crippen molar-refractivity contribution >= 4 is 7.60 Å². The SMILES string of the molecule is CC1(N)C=CC2=C(C=C1)C=CC(C)(CCCCP(=O)(O)O)C=C2. The molecule has 0 amide bonds. The first kappa shape index (κ1) is 18.2. The Balaban J connectivity index is 2.03. The molecule has 0 radical (unpaired) electrons. The molecule has 23 heavy (non-hydrogen) atoms. The molecule has 0 saturated carbocycles. The van der Waals surface area contributed by atoms with Gasteiger partial charge in [-0.2, -0.15) is 0 Å². The van der Waals surface area contributed by atoms with E-state index < -0.39 is 13.1 Å². The van der Waals surface area contributed by atoms with E-state index in [1.165, 1.54) is 0 Å². The number of nitrogens with two attached hydrogens (primary N) is 1. The average molecular weight is 335 g/mol. The van der Waals surface area contributed by atoms with E-state index in [0.717, 1.165) is 24.0 Å². The molecule has 0 saturated heterocycles. The minimum atomic E-state index is -3.88. The third kappa shape index (κ3) is 5.74. The monoisotopic (exact) mass is 335 g/mol. The third-order valence-corrected chi connectivity index (χ3v) is 5.18. The van der Waals surface area contributed by atoms with Crippen molar-refractivity contribution in [3.8, 4) is 0 Å². The quantitative estimate of drug-likeness (QED) is 0.529. The zero-order chi connectivity index (χ0) is 17.1. The highest BCUT2D eigenvalue weighted by Crippen LogP contribution is 2.38. The molecule has 0 aliphatic heterocycles. The highest BCUT2D eigenvalue weighted by Gasteiger charge is 2.21. The zero-order valence-corrected chi connectivity index (χ0v) is 14.7. The fourth-order valence-corrected chi connectivity index (χ4v) is 3.33. The van der Waals surface area contributed by atoms with Crippen molar-refractivity contribution in [1.29, 1.82) is 0 Å². The summed E-state index contributed by atoms with van der Waals surface area (Å²) in [6, 6.07) is 0. The molecule has 5 heteroatoms. The lowest BCUT2D eigenvalue weighted by atomic mass is 9.84. The summed E-state index contributed by atoms with van der Waals surface area (Å²) in [5.41, 5.74) is 7.86. The van der Waals surface area contributed by atoms with Crippen LogP contribution in [0.1, 0.15) is 33.1 Å². The molecule has 0 heterocycles. The largest absolute Gasteiger partial charge is 0.325 e. The van der Waals surface area contributed by atoms with Gasteiger partial charge in [-0.3, -0.25) is 4.57 Å². The fourth-order valence-electron chi connectivity index (χ4n) is 2.70. The van der Waals surface area contributed by atoms with Gasteiger partial charge in [-0.25, -0.2) is 0 Å². The second-order valence-electron chi connectivity index (χ2n) is 6.96. The van der Waals surface area contributed by atoms with Gasteiger partial charge in [0.2, 0.25) is 0 Å². The molecule has 0 spiro atoms. The topological polar surface area (TPSA) is 83.6 Å². The molecule has 0 aromatic heterocycles. The Labute approximate surface area is 138 Å². The summed E-state index contributed by atoms with van der Waals surface area (Å²) in [5, 5.41) is 0. The summed E-state index contributed by atoms with van der Waals surface area (Å²) in [5.74, 6) is 0. The molecule has 4 N–H and O–H groups in total. The minimum Gasteiger partial charge on any atom is -0.324 e. The Morgan fingerprint density at radius 3 is 1.91 bits per heavy atom. The maximum absolute atomic E-state index is 10.9. The van der Waals surface area contributed by atoms with Crippen molar-refractivity contribution in [2.24, 2.45) is 11.1 Å². The number of unbranched alkanes of at least 4 members (excludes halogenated alkanes) is 1. The third-order valence-electron chi connectivity index (χ3n) is 4.28. The first-order valence-corrected chi connectivity index (χ1v) is 9.73. The predicted molar refractivity (Wildman–Crippen MR) is 95.0 cm³/mol. The Hall–Kier alpha value is -1.19. The number of hydrogen-bond donors (Lipinski definition) is 3. The standard InChI is InChI=1S/C18H26NO3P/c1-17(9-3-4-14-23(20,21)22)10-5-15-7-12-18(2,19)13-8-16(15)6-11-17/h5-8,10-13H,3-4,9,14,19H2,1-2H3,(H2,20,21,22). The van der Waals surface area contributed by atoms with Gasteiger partial charge in [0.15, 0.2) is 0 Å². The predicted octanol–water partition coefficient (Wildman–Crippen LogP) is 3.61. The van der Waals surface area contributed by atoms with Crippen molar-refractivity contribution in [3.63, 3.8) is 0 Å². The summed E-state index contributed by atoms with van der Waals surface area (Å²) in [7, 11) is -3.88. The normalized spacial score (nSPS) is 22.0. The molecule has 0 aromatic carbocycles. The van der Waals surface area contributed by atoms with Crippen molar-refractivity contribution in [1.82, 2.24) is 0 Å². The molecule has 0 unspecified atom stereocenters. The van der Waals surface area contributed by atoms with Gasteiger partial charge in [-0.05, 0) is 30.9 Å². The maximum atomic E-state index is 10.9. The smallest absolute Gasteiger partial charge is 0.324 e. The van der Waals surface area contributed by atoms with E-state index in [4.69, 9.17) is 15.5 Å². The summed E-state index contributed by atoms with van der Waals surface area (Å²) in [6.45, 7) is 4.11. The molecular formula is C18H26NO3P. The first-order chi connectivity index (χ1) is 10.6. The molecule has 0 bridgehead atoms. The average Bonchev–Trinajstić information content (AvgIpc) is 2.67. The molecular weight excluding hydrogens is 309 g/mol. The second kappa shape index (κ2) is 6.74. The van der Waals surface area contributed by atoms with Gasteiger partial charge in [-0.15, -0.1) is 0 Å². The van der Waals surface area contributed by atoms with Crippen LogP contribution in [0.2, 0.25) is 0 Å². The van der Waals surface area contributed by atoms with Crippen molar-refractivity contribution < 1.29 is 14.4 Å². The summed E-state index contributed by atoms with van der Waals surface area (Å²) >= 11 is 0. The summed E-state index contributed by atoms with van der Waals surface area (Å²) < 4.78 is 10.9. The number of hydrogen-bond acceptors (Lipinski definition) is 2. The number of rotatable bonds is 5. The summed E-state index contributed by atoms with van der Waals surface area (Å²) in [6.07, 6.45) is 18.8. The molecule has 0 atom stereocenters. The maximum Gasteiger partial charge on any atom is 0.325 e. The second-order valence-corrected chi connectivity index (χ2v) is 8.74. The van der Waals surface area contributed by atoms with Gasteiger partial charge in [0.1, 0.15) is 0 Å². The zero-order valence-electron chi connectivity index (χ0n) is 13.8. The Morgan fingerprint density at radius 2 is 1.43 bits per heavy atom. The van der Waals surface area contributed by atoms with Crippen LogP contribution in [0.5, 0.6) is 0 Å². The van der Waals surface area contributed by atoms with Crippen molar-refractivity contribution in [2.45, 2.75) is 38.6 Å². The van der Waals surface area contributed by atoms with Crippen LogP contribution in [0.25, 0.3) is 0 Å². The lowest BCUT2D eigenvalue weighted by Crippen LogP contribution is -2.30. The van der Waals surface area contributed by atoms with E-state index in [1.54, 1.807) is 0 Å². The van der Waals surface area contributed by atoms with E-state index in [2.05, 4.69) is 43.4 Å². The lowest BCUT2D eigenvalue weighted by Gasteiger charge is -2.21. The fraction of sp³-hybridized carbons (Fsp3) is 0.444. The van der Waals surface area contributed by atoms with Crippen molar-refractivity contribution in [3.05, 3.63) is 59.8 Å². The van der Waals surface area contributed by atoms with Crippen LogP contribution in [0.15, 0.2) is 59.8 Å². The first-order valence-electron chi connectivity index (χ1n) is 7.93. The van der Waals surface area contributed by atoms with Gasteiger partial charge < -0.3 is 15.5 Å². The van der Waals surface area contributed by atoms with Crippen LogP contribution >= 0.6 is 7.60 Å². The van der Waals surface area contributed by atoms with E-state index >= 15 is 0 Å². The van der Waals surface area contributed by atoms with E-state index in [-0.39, 0.29) is 11.6 Å². The molecule has 0 fully saturated rings. The Bertz CT molecular complexity index is 611. The van der Waals surface area contributed by atoms with E-state index in [9.17, 15) is 4.57 Å². The van der Waals surface area contributed by atoms with Crippen LogP contribution in [0.3, 0.4) is 0 Å². The number of allylic oxidation sites excluding steroid dienone is 8. The van der Waals surface area contributed by atoms with Crippen LogP contribution in [0.4, 0.5) is 0 Å². The highest BCUT2D eigenvalue weighted by molar-refractivity contribution is 7.51. The minimum absolute atomic E-state index is 0.0359. The molecule has 0 aromatic rings. The molecule has 4 nitrogen and oxygen atoms in total. The molecule has 126 valence electrons. The molecule has 2 aliphatic carbocycles. The van der Waals surface area contributed by atoms with Gasteiger partial charge in [-0.1, -0.05) is 62.0 Å². The lowest BCUT2D eigenvalue weighted by molar-refractivity contribution is 0.368. The molecule has 2 aliphatic rings. The van der Waals surface area contributed by atoms with Gasteiger partial charge >= 0.3 is 7.60 Å². The van der Waals surface area contributed by atoms with Crippen molar-refractivity contribution in [2.75, 3.05) is 6.16 Å².